The van der Waals surface area contributed by atoms with Crippen LogP contribution in [-0.4, -0.2) is 5.78 Å². The van der Waals surface area contributed by atoms with Crippen LogP contribution >= 0.6 is 11.6 Å². The summed E-state index contributed by atoms with van der Waals surface area (Å²) in [7, 11) is 0. The van der Waals surface area contributed by atoms with Crippen LogP contribution in [0, 0.1) is 18.3 Å². The second-order valence-electron chi connectivity index (χ2n) is 4.29. The van der Waals surface area contributed by atoms with E-state index < -0.39 is 5.92 Å². The van der Waals surface area contributed by atoms with Crippen LogP contribution in [0.5, 0.6) is 0 Å². The predicted octanol–water partition coefficient (Wildman–Crippen LogP) is 4.14. The van der Waals surface area contributed by atoms with Gasteiger partial charge in [-0.2, -0.15) is 5.26 Å². The fourth-order valence-electron chi connectivity index (χ4n) is 1.94. The minimum absolute atomic E-state index is 0.178. The first-order chi connectivity index (χ1) is 9.13. The number of ketones is 1. The molecule has 0 heterocycles. The van der Waals surface area contributed by atoms with Crippen LogP contribution in [0.25, 0.3) is 0 Å². The summed E-state index contributed by atoms with van der Waals surface area (Å²) in [5.74, 6) is -0.971. The molecule has 2 aromatic carbocycles. The predicted molar refractivity (Wildman–Crippen MR) is 75.3 cm³/mol. The Morgan fingerprint density at radius 1 is 1.16 bits per heavy atom. The normalized spacial score (nSPS) is 11.6. The number of aryl methyl sites for hydroxylation is 1. The average molecular weight is 270 g/mol. The van der Waals surface area contributed by atoms with Crippen molar-refractivity contribution >= 4 is 17.4 Å². The number of hydrogen-bond acceptors (Lipinski definition) is 2. The van der Waals surface area contributed by atoms with Crippen molar-refractivity contribution in [3.05, 3.63) is 70.2 Å². The minimum atomic E-state index is -0.793. The molecule has 94 valence electrons. The highest BCUT2D eigenvalue weighted by Crippen LogP contribution is 2.23. The van der Waals surface area contributed by atoms with Crippen LogP contribution in [0.1, 0.15) is 27.4 Å². The Bertz CT molecular complexity index is 641. The van der Waals surface area contributed by atoms with E-state index in [4.69, 9.17) is 11.6 Å². The Kier molecular flexibility index (Phi) is 3.99. The molecule has 0 aromatic heterocycles. The SMILES string of the molecule is Cc1ccccc1C(=O)C(C#N)c1ccc(Cl)cc1. The fraction of sp³-hybridized carbons (Fsp3) is 0.125. The van der Waals surface area contributed by atoms with Crippen LogP contribution in [0.15, 0.2) is 48.5 Å². The highest BCUT2D eigenvalue weighted by Gasteiger charge is 2.22. The van der Waals surface area contributed by atoms with Crippen LogP contribution in [0.3, 0.4) is 0 Å². The van der Waals surface area contributed by atoms with E-state index in [-0.39, 0.29) is 5.78 Å². The van der Waals surface area contributed by atoms with Gasteiger partial charge in [0.05, 0.1) is 6.07 Å². The number of hydrogen-bond donors (Lipinski definition) is 0. The molecule has 2 rings (SSSR count). The van der Waals surface area contributed by atoms with Crippen LogP contribution in [0.2, 0.25) is 5.02 Å². The Balaban J connectivity index is 2.38. The van der Waals surface area contributed by atoms with Crippen molar-refractivity contribution in [2.24, 2.45) is 0 Å². The summed E-state index contributed by atoms with van der Waals surface area (Å²) in [6.45, 7) is 1.86. The highest BCUT2D eigenvalue weighted by atomic mass is 35.5. The molecule has 1 atom stereocenters. The third-order valence-electron chi connectivity index (χ3n) is 3.01. The van der Waals surface area contributed by atoms with Gasteiger partial charge >= 0.3 is 0 Å². The van der Waals surface area contributed by atoms with Crippen LogP contribution in [0.4, 0.5) is 0 Å². The topological polar surface area (TPSA) is 40.9 Å². The summed E-state index contributed by atoms with van der Waals surface area (Å²) in [6.07, 6.45) is 0. The molecule has 2 nitrogen and oxygen atoms in total. The van der Waals surface area contributed by atoms with E-state index in [1.807, 2.05) is 19.1 Å². The van der Waals surface area contributed by atoms with E-state index in [2.05, 4.69) is 6.07 Å². The molecule has 0 aliphatic carbocycles. The summed E-state index contributed by atoms with van der Waals surface area (Å²) >= 11 is 5.81. The van der Waals surface area contributed by atoms with Gasteiger partial charge in [-0.1, -0.05) is 48.0 Å². The lowest BCUT2D eigenvalue weighted by Gasteiger charge is -2.10. The van der Waals surface area contributed by atoms with E-state index in [0.29, 0.717) is 16.1 Å². The maximum Gasteiger partial charge on any atom is 0.184 e. The van der Waals surface area contributed by atoms with E-state index in [0.717, 1.165) is 5.56 Å². The molecule has 0 radical (unpaired) electrons. The monoisotopic (exact) mass is 269 g/mol. The molecule has 0 spiro atoms. The van der Waals surface area contributed by atoms with Gasteiger partial charge in [0.1, 0.15) is 5.92 Å². The molecule has 0 fully saturated rings. The molecule has 0 bridgehead atoms. The molecular formula is C16H12ClNO. The van der Waals surface area contributed by atoms with Crippen molar-refractivity contribution in [2.45, 2.75) is 12.8 Å². The third-order valence-corrected chi connectivity index (χ3v) is 3.26. The lowest BCUT2D eigenvalue weighted by Crippen LogP contribution is -2.12. The van der Waals surface area contributed by atoms with E-state index in [1.165, 1.54) is 0 Å². The minimum Gasteiger partial charge on any atom is -0.292 e. The number of Topliss-reactive ketones (excluding diaryl/α,β-unsaturated/α-hetero) is 1. The van der Waals surface area contributed by atoms with Crippen molar-refractivity contribution in [3.63, 3.8) is 0 Å². The molecule has 0 amide bonds. The van der Waals surface area contributed by atoms with Crippen molar-refractivity contribution in [3.8, 4) is 6.07 Å². The summed E-state index contributed by atoms with van der Waals surface area (Å²) in [4.78, 5) is 12.4. The van der Waals surface area contributed by atoms with E-state index in [1.54, 1.807) is 36.4 Å². The molecule has 3 heteroatoms. The average Bonchev–Trinajstić information content (AvgIpc) is 2.42. The number of halogens is 1. The van der Waals surface area contributed by atoms with Crippen LogP contribution in [-0.2, 0) is 0 Å². The van der Waals surface area contributed by atoms with Gasteiger partial charge in [-0.25, -0.2) is 0 Å². The molecular weight excluding hydrogens is 258 g/mol. The number of nitrogens with zero attached hydrogens (tertiary/aromatic N) is 1. The Morgan fingerprint density at radius 3 is 2.37 bits per heavy atom. The molecule has 0 saturated carbocycles. The summed E-state index contributed by atoms with van der Waals surface area (Å²) in [5.41, 5.74) is 2.13. The van der Waals surface area contributed by atoms with Crippen molar-refractivity contribution in [1.29, 1.82) is 5.26 Å². The number of rotatable bonds is 3. The molecule has 0 N–H and O–H groups in total. The zero-order valence-corrected chi connectivity index (χ0v) is 11.2. The Hall–Kier alpha value is -2.11. The number of carbonyl (C=O) groups is 1. The maximum atomic E-state index is 12.4. The molecule has 2 aromatic rings. The quantitative estimate of drug-likeness (QED) is 0.786. The standard InChI is InChI=1S/C16H12ClNO/c1-11-4-2-3-5-14(11)16(19)15(10-18)12-6-8-13(17)9-7-12/h2-9,15H,1H3. The molecule has 0 aliphatic rings. The second-order valence-corrected chi connectivity index (χ2v) is 4.73. The van der Waals surface area contributed by atoms with Gasteiger partial charge in [0.25, 0.3) is 0 Å². The van der Waals surface area contributed by atoms with Gasteiger partial charge in [0, 0.05) is 10.6 Å². The zero-order chi connectivity index (χ0) is 13.8. The summed E-state index contributed by atoms with van der Waals surface area (Å²) in [6, 6.07) is 16.2. The smallest absolute Gasteiger partial charge is 0.184 e. The number of benzene rings is 2. The first-order valence-corrected chi connectivity index (χ1v) is 6.26. The van der Waals surface area contributed by atoms with Crippen molar-refractivity contribution < 1.29 is 4.79 Å². The van der Waals surface area contributed by atoms with Crippen molar-refractivity contribution in [2.75, 3.05) is 0 Å². The Morgan fingerprint density at radius 2 is 1.79 bits per heavy atom. The molecule has 19 heavy (non-hydrogen) atoms. The summed E-state index contributed by atoms with van der Waals surface area (Å²) in [5, 5.41) is 9.85. The Labute approximate surface area is 117 Å². The largest absolute Gasteiger partial charge is 0.292 e. The fourth-order valence-corrected chi connectivity index (χ4v) is 2.07. The van der Waals surface area contributed by atoms with Gasteiger partial charge in [-0.15, -0.1) is 0 Å². The second kappa shape index (κ2) is 5.69. The number of carbonyl (C=O) groups excluding carboxylic acids is 1. The van der Waals surface area contributed by atoms with Gasteiger partial charge in [0.15, 0.2) is 5.78 Å². The molecule has 0 aliphatic heterocycles. The highest BCUT2D eigenvalue weighted by molar-refractivity contribution is 6.30. The van der Waals surface area contributed by atoms with Gasteiger partial charge in [0.2, 0.25) is 0 Å². The first kappa shape index (κ1) is 13.3. The maximum absolute atomic E-state index is 12.4. The number of nitriles is 1. The van der Waals surface area contributed by atoms with Gasteiger partial charge in [-0.3, -0.25) is 4.79 Å². The first-order valence-electron chi connectivity index (χ1n) is 5.88. The van der Waals surface area contributed by atoms with Crippen LogP contribution < -0.4 is 0 Å². The lowest BCUT2D eigenvalue weighted by molar-refractivity contribution is 0.0978. The summed E-state index contributed by atoms with van der Waals surface area (Å²) < 4.78 is 0. The molecule has 0 saturated heterocycles. The van der Waals surface area contributed by atoms with E-state index >= 15 is 0 Å². The van der Waals surface area contributed by atoms with Crippen molar-refractivity contribution in [1.82, 2.24) is 0 Å². The van der Waals surface area contributed by atoms with E-state index in [9.17, 15) is 10.1 Å². The van der Waals surface area contributed by atoms with Gasteiger partial charge < -0.3 is 0 Å². The third kappa shape index (κ3) is 2.83. The molecule has 1 unspecified atom stereocenters. The lowest BCUT2D eigenvalue weighted by atomic mass is 9.90. The van der Waals surface area contributed by atoms with Gasteiger partial charge in [-0.05, 0) is 30.2 Å². The zero-order valence-electron chi connectivity index (χ0n) is 10.4.